The molecular formula is C2HF7O2S. The quantitative estimate of drug-likeness (QED) is 0.729. The predicted octanol–water partition coefficient (Wildman–Crippen LogP) is 2.96. The lowest BCUT2D eigenvalue weighted by Crippen LogP contribution is -2.40. The second-order valence-electron chi connectivity index (χ2n) is 1.79. The van der Waals surface area contributed by atoms with Gasteiger partial charge in [0.25, 0.3) is 0 Å². The fourth-order valence-electron chi connectivity index (χ4n) is 0.165. The van der Waals surface area contributed by atoms with Gasteiger partial charge >= 0.3 is 21.4 Å². The molecule has 0 aliphatic carbocycles. The average molecular weight is 222 g/mol. The first-order valence-electron chi connectivity index (χ1n) is 2.03. The number of carbonyl (C=O) groups is 1. The Kier molecular flexibility index (Phi) is 1.56. The highest BCUT2D eigenvalue weighted by Gasteiger charge is 2.87. The molecule has 2 nitrogen and oxygen atoms in total. The van der Waals surface area contributed by atoms with Crippen LogP contribution in [0.3, 0.4) is 0 Å². The Morgan fingerprint density at radius 3 is 1.33 bits per heavy atom. The minimum atomic E-state index is -11.3. The number of aliphatic carboxylic acids is 1. The molecule has 0 amide bonds. The summed E-state index contributed by atoms with van der Waals surface area (Å²) in [5, 5.41) is 0.201. The van der Waals surface area contributed by atoms with Crippen LogP contribution in [0.4, 0.5) is 28.2 Å². The van der Waals surface area contributed by atoms with E-state index in [2.05, 4.69) is 0 Å². The molecule has 0 rings (SSSR count). The second-order valence-corrected chi connectivity index (χ2v) is 4.24. The maximum Gasteiger partial charge on any atom is 0.477 e. The van der Waals surface area contributed by atoms with Crippen LogP contribution < -0.4 is 0 Å². The van der Waals surface area contributed by atoms with Gasteiger partial charge in [-0.2, -0.15) is 8.78 Å². The van der Waals surface area contributed by atoms with Crippen molar-refractivity contribution in [3.05, 3.63) is 0 Å². The number of halogens is 7. The largest absolute Gasteiger partial charge is 0.477 e. The van der Waals surface area contributed by atoms with Crippen molar-refractivity contribution in [3.8, 4) is 0 Å². The van der Waals surface area contributed by atoms with Gasteiger partial charge in [0.15, 0.2) is 0 Å². The first kappa shape index (κ1) is 11.3. The molecule has 0 saturated heterocycles. The van der Waals surface area contributed by atoms with Crippen molar-refractivity contribution >= 4 is 16.2 Å². The minimum Gasteiger partial charge on any atom is -0.476 e. The van der Waals surface area contributed by atoms with E-state index in [0.29, 0.717) is 0 Å². The Labute approximate surface area is 60.7 Å². The van der Waals surface area contributed by atoms with Crippen LogP contribution in [0.15, 0.2) is 0 Å². The summed E-state index contributed by atoms with van der Waals surface area (Å²) in [6.07, 6.45) is 0. The standard InChI is InChI=1S/C2HF7O2S/c3-2(4,1(10)11)12(5,6,7,8)9/h(H,10,11). The molecule has 0 atom stereocenters. The maximum absolute atomic E-state index is 11.4. The minimum absolute atomic E-state index is 3.92. The van der Waals surface area contributed by atoms with Gasteiger partial charge in [0, 0.05) is 0 Å². The molecule has 0 bridgehead atoms. The van der Waals surface area contributed by atoms with Crippen LogP contribution in [0.2, 0.25) is 0 Å². The van der Waals surface area contributed by atoms with Gasteiger partial charge in [0.2, 0.25) is 0 Å². The molecule has 0 saturated carbocycles. The molecule has 0 aromatic rings. The van der Waals surface area contributed by atoms with Gasteiger partial charge in [-0.15, -0.1) is 0 Å². The zero-order valence-electron chi connectivity index (χ0n) is 4.91. The van der Waals surface area contributed by atoms with Gasteiger partial charge in [-0.25, -0.2) is 4.79 Å². The van der Waals surface area contributed by atoms with Crippen molar-refractivity contribution in [1.82, 2.24) is 0 Å². The Hall–Kier alpha value is -0.670. The van der Waals surface area contributed by atoms with E-state index in [4.69, 9.17) is 9.90 Å². The van der Waals surface area contributed by atoms with Gasteiger partial charge in [-0.05, 0) is 0 Å². The van der Waals surface area contributed by atoms with E-state index in [0.717, 1.165) is 0 Å². The van der Waals surface area contributed by atoms with Gasteiger partial charge in [-0.1, -0.05) is 19.4 Å². The molecule has 0 aromatic heterocycles. The third kappa shape index (κ3) is 1.57. The second kappa shape index (κ2) is 1.65. The zero-order chi connectivity index (χ0) is 10.5. The molecule has 0 aliphatic rings. The Morgan fingerprint density at radius 1 is 1.08 bits per heavy atom. The van der Waals surface area contributed by atoms with Crippen LogP contribution in [0, 0.1) is 0 Å². The predicted molar refractivity (Wildman–Crippen MR) is 25.7 cm³/mol. The summed E-state index contributed by atoms with van der Waals surface area (Å²) >= 11 is 0. The van der Waals surface area contributed by atoms with Crippen LogP contribution in [0.5, 0.6) is 0 Å². The first-order valence-corrected chi connectivity index (χ1v) is 3.98. The van der Waals surface area contributed by atoms with Crippen LogP contribution in [0.25, 0.3) is 0 Å². The third-order valence-electron chi connectivity index (χ3n) is 0.733. The molecule has 0 heterocycles. The van der Waals surface area contributed by atoms with E-state index in [1.54, 1.807) is 0 Å². The molecule has 0 spiro atoms. The highest BCUT2D eigenvalue weighted by atomic mass is 32.5. The van der Waals surface area contributed by atoms with E-state index in [1.807, 2.05) is 0 Å². The molecule has 1 N–H and O–H groups in total. The zero-order valence-corrected chi connectivity index (χ0v) is 5.73. The molecule has 0 fully saturated rings. The van der Waals surface area contributed by atoms with Gasteiger partial charge < -0.3 is 5.11 Å². The van der Waals surface area contributed by atoms with Crippen molar-refractivity contribution < 1.29 is 38.1 Å². The van der Waals surface area contributed by atoms with Crippen LogP contribution in [-0.4, -0.2) is 16.3 Å². The summed E-state index contributed by atoms with van der Waals surface area (Å²) in [7, 11) is -11.3. The van der Waals surface area contributed by atoms with E-state index >= 15 is 0 Å². The van der Waals surface area contributed by atoms with Crippen molar-refractivity contribution in [2.45, 2.75) is 5.25 Å². The van der Waals surface area contributed by atoms with Crippen LogP contribution in [0.1, 0.15) is 0 Å². The van der Waals surface area contributed by atoms with Crippen LogP contribution in [-0.2, 0) is 4.79 Å². The number of hydrogen-bond donors (Lipinski definition) is 1. The van der Waals surface area contributed by atoms with E-state index < -0.39 is 21.4 Å². The first-order chi connectivity index (χ1) is 4.69. The Balaban J connectivity index is 5.50. The molecule has 0 unspecified atom stereocenters. The highest BCUT2D eigenvalue weighted by molar-refractivity contribution is 8.47. The van der Waals surface area contributed by atoms with E-state index in [1.165, 1.54) is 0 Å². The molecule has 0 aliphatic heterocycles. The number of carboxylic acid groups (broad SMARTS) is 1. The Bertz CT molecular complexity index is 223. The number of carboxylic acids is 1. The van der Waals surface area contributed by atoms with Crippen molar-refractivity contribution in [3.63, 3.8) is 0 Å². The molecule has 12 heavy (non-hydrogen) atoms. The van der Waals surface area contributed by atoms with Gasteiger partial charge in [0.1, 0.15) is 0 Å². The summed E-state index contributed by atoms with van der Waals surface area (Å²) in [6, 6.07) is 0. The molecule has 0 radical (unpaired) electrons. The molecule has 10 heteroatoms. The van der Waals surface area contributed by atoms with Crippen molar-refractivity contribution in [2.75, 3.05) is 0 Å². The highest BCUT2D eigenvalue weighted by Crippen LogP contribution is 3.04. The fourth-order valence-corrected chi connectivity index (χ4v) is 0.495. The van der Waals surface area contributed by atoms with Crippen molar-refractivity contribution in [2.24, 2.45) is 0 Å². The smallest absolute Gasteiger partial charge is 0.476 e. The average Bonchev–Trinajstić information content (AvgIpc) is 1.56. The van der Waals surface area contributed by atoms with E-state index in [-0.39, 0.29) is 0 Å². The molecular weight excluding hydrogens is 221 g/mol. The van der Waals surface area contributed by atoms with E-state index in [9.17, 15) is 28.2 Å². The number of alkyl halides is 2. The molecule has 0 aromatic carbocycles. The number of rotatable bonds is 2. The third-order valence-corrected chi connectivity index (χ3v) is 1.88. The lowest BCUT2D eigenvalue weighted by atomic mass is 10.7. The lowest BCUT2D eigenvalue weighted by Gasteiger charge is -2.43. The number of hydrogen-bond acceptors (Lipinski definition) is 1. The summed E-state index contributed by atoms with van der Waals surface area (Å²) in [4.78, 5) is 9.16. The van der Waals surface area contributed by atoms with Crippen LogP contribution >= 0.6 is 10.2 Å². The Morgan fingerprint density at radius 2 is 1.33 bits per heavy atom. The van der Waals surface area contributed by atoms with Gasteiger partial charge in [-0.3, -0.25) is 0 Å². The summed E-state index contributed by atoms with van der Waals surface area (Å²) in [5.41, 5.74) is 0. The van der Waals surface area contributed by atoms with Gasteiger partial charge in [0.05, 0.1) is 0 Å². The summed E-state index contributed by atoms with van der Waals surface area (Å²) < 4.78 is 78.4. The van der Waals surface area contributed by atoms with Crippen molar-refractivity contribution in [1.29, 1.82) is 0 Å². The lowest BCUT2D eigenvalue weighted by molar-refractivity contribution is -0.156. The summed E-state index contributed by atoms with van der Waals surface area (Å²) in [6.45, 7) is 0. The topological polar surface area (TPSA) is 37.3 Å². The summed E-state index contributed by atoms with van der Waals surface area (Å²) in [5.74, 6) is -3.92. The maximum atomic E-state index is 11.4. The fraction of sp³-hybridized carbons (Fsp3) is 0.500. The normalized spacial score (nSPS) is 19.6. The SMILES string of the molecule is O=C(O)C(F)(F)S(F)(F)(F)(F)F. The monoisotopic (exact) mass is 222 g/mol. The molecule has 76 valence electrons.